The standard InChI is InChI=1S/C23H18F3N7O4S/c1-11-14(9-33-20-13(3-6-38-20)18(34)28-22(33)36)12(8-27)7-15(37-2)17(11)19(35)31-4-5-32-16(10-31)29-30-21(32)23(24,25)26/h3,6-7H,4-5,9-10H2,1-2H3,(H,28,34,36). The zero-order chi connectivity index (χ0) is 27.4. The Bertz CT molecular complexity index is 1760. The summed E-state index contributed by atoms with van der Waals surface area (Å²) in [6, 6.07) is 5.02. The number of alkyl halides is 3. The second-order valence-corrected chi connectivity index (χ2v) is 9.41. The Kier molecular flexibility index (Phi) is 6.06. The summed E-state index contributed by atoms with van der Waals surface area (Å²) < 4.78 is 47.3. The van der Waals surface area contributed by atoms with Crippen LogP contribution in [-0.2, 0) is 25.8 Å². The highest BCUT2D eigenvalue weighted by molar-refractivity contribution is 7.16. The van der Waals surface area contributed by atoms with Crippen molar-refractivity contribution in [2.75, 3.05) is 13.7 Å². The third-order valence-electron chi connectivity index (χ3n) is 6.44. The molecule has 0 bridgehead atoms. The fourth-order valence-corrected chi connectivity index (χ4v) is 5.46. The molecule has 0 spiro atoms. The molecule has 5 rings (SSSR count). The molecular formula is C23H18F3N7O4S. The van der Waals surface area contributed by atoms with Crippen molar-refractivity contribution in [1.82, 2.24) is 29.2 Å². The highest BCUT2D eigenvalue weighted by Gasteiger charge is 2.40. The molecule has 38 heavy (non-hydrogen) atoms. The molecule has 4 heterocycles. The Morgan fingerprint density at radius 3 is 2.74 bits per heavy atom. The number of fused-ring (bicyclic) bond motifs is 2. The average molecular weight is 546 g/mol. The topological polar surface area (TPSA) is 139 Å². The van der Waals surface area contributed by atoms with E-state index in [1.807, 2.05) is 0 Å². The normalized spacial score (nSPS) is 13.4. The molecule has 0 unspecified atom stereocenters. The number of nitrogens with one attached hydrogen (secondary N) is 1. The summed E-state index contributed by atoms with van der Waals surface area (Å²) in [6.45, 7) is 1.07. The predicted molar refractivity (Wildman–Crippen MR) is 128 cm³/mol. The molecule has 0 fully saturated rings. The first kappa shape index (κ1) is 25.2. The SMILES string of the molecule is COc1cc(C#N)c(Cn2c(=O)[nH]c(=O)c3ccsc32)c(C)c1C(=O)N1CCn2c(nnc2C(F)(F)F)C1. The lowest BCUT2D eigenvalue weighted by Gasteiger charge is -2.29. The monoisotopic (exact) mass is 545 g/mol. The molecule has 0 atom stereocenters. The van der Waals surface area contributed by atoms with Gasteiger partial charge in [0.1, 0.15) is 10.6 Å². The Morgan fingerprint density at radius 2 is 2.05 bits per heavy atom. The van der Waals surface area contributed by atoms with Gasteiger partial charge in [0.15, 0.2) is 5.82 Å². The number of methoxy groups -OCH3 is 1. The number of hydrogen-bond donors (Lipinski definition) is 1. The van der Waals surface area contributed by atoms with E-state index in [0.717, 1.165) is 4.57 Å². The van der Waals surface area contributed by atoms with Crippen molar-refractivity contribution >= 4 is 27.5 Å². The zero-order valence-electron chi connectivity index (χ0n) is 19.9. The Hall–Kier alpha value is -4.45. The molecule has 0 saturated carbocycles. The van der Waals surface area contributed by atoms with E-state index in [1.165, 1.54) is 34.0 Å². The molecule has 1 amide bonds. The molecular weight excluding hydrogens is 527 g/mol. The fourth-order valence-electron chi connectivity index (χ4n) is 4.57. The van der Waals surface area contributed by atoms with Gasteiger partial charge < -0.3 is 14.2 Å². The fraction of sp³-hybridized carbons (Fsp3) is 0.304. The summed E-state index contributed by atoms with van der Waals surface area (Å²) in [5.74, 6) is -1.57. The second kappa shape index (κ2) is 9.14. The van der Waals surface area contributed by atoms with Gasteiger partial charge in [0.2, 0.25) is 5.82 Å². The number of ether oxygens (including phenoxy) is 1. The summed E-state index contributed by atoms with van der Waals surface area (Å²) in [6.07, 6.45) is -4.67. The van der Waals surface area contributed by atoms with Crippen LogP contribution in [0.1, 0.15) is 38.7 Å². The molecule has 1 aliphatic heterocycles. The van der Waals surface area contributed by atoms with Crippen LogP contribution in [0, 0.1) is 18.3 Å². The summed E-state index contributed by atoms with van der Waals surface area (Å²) in [4.78, 5) is 42.5. The molecule has 4 aromatic rings. The maximum Gasteiger partial charge on any atom is 0.451 e. The summed E-state index contributed by atoms with van der Waals surface area (Å²) in [5, 5.41) is 18.7. The van der Waals surface area contributed by atoms with Gasteiger partial charge in [0, 0.05) is 13.1 Å². The minimum atomic E-state index is -4.67. The first-order valence-electron chi connectivity index (χ1n) is 11.1. The van der Waals surface area contributed by atoms with Crippen LogP contribution < -0.4 is 16.0 Å². The van der Waals surface area contributed by atoms with Crippen molar-refractivity contribution in [3.8, 4) is 11.8 Å². The number of amides is 1. The van der Waals surface area contributed by atoms with Crippen molar-refractivity contribution in [2.45, 2.75) is 32.7 Å². The van der Waals surface area contributed by atoms with E-state index in [1.54, 1.807) is 18.4 Å². The van der Waals surface area contributed by atoms with Crippen LogP contribution in [-0.4, -0.2) is 48.8 Å². The van der Waals surface area contributed by atoms with Crippen molar-refractivity contribution in [2.24, 2.45) is 0 Å². The maximum atomic E-state index is 13.7. The first-order valence-corrected chi connectivity index (χ1v) is 12.0. The van der Waals surface area contributed by atoms with Gasteiger partial charge in [-0.2, -0.15) is 18.4 Å². The van der Waals surface area contributed by atoms with E-state index in [-0.39, 0.29) is 48.9 Å². The van der Waals surface area contributed by atoms with Gasteiger partial charge in [-0.1, -0.05) is 0 Å². The number of rotatable bonds is 4. The molecule has 1 aliphatic rings. The molecule has 0 aliphatic carbocycles. The van der Waals surface area contributed by atoms with E-state index in [9.17, 15) is 32.8 Å². The van der Waals surface area contributed by atoms with Gasteiger partial charge in [-0.3, -0.25) is 19.1 Å². The van der Waals surface area contributed by atoms with E-state index in [0.29, 0.717) is 21.3 Å². The minimum Gasteiger partial charge on any atom is -0.496 e. The van der Waals surface area contributed by atoms with E-state index in [2.05, 4.69) is 21.3 Å². The number of nitrogens with zero attached hydrogens (tertiary/aromatic N) is 6. The van der Waals surface area contributed by atoms with Crippen LogP contribution in [0.3, 0.4) is 0 Å². The summed E-state index contributed by atoms with van der Waals surface area (Å²) in [7, 11) is 1.33. The molecule has 0 radical (unpaired) electrons. The van der Waals surface area contributed by atoms with Gasteiger partial charge >= 0.3 is 11.9 Å². The molecule has 1 N–H and O–H groups in total. The number of H-pyrrole nitrogens is 1. The van der Waals surface area contributed by atoms with Crippen LogP contribution in [0.25, 0.3) is 10.2 Å². The molecule has 15 heteroatoms. The lowest BCUT2D eigenvalue weighted by atomic mass is 9.95. The Morgan fingerprint density at radius 1 is 1.29 bits per heavy atom. The Labute approximate surface area is 215 Å². The second-order valence-electron chi connectivity index (χ2n) is 8.52. The van der Waals surface area contributed by atoms with E-state index >= 15 is 0 Å². The van der Waals surface area contributed by atoms with Gasteiger partial charge in [-0.05, 0) is 35.6 Å². The summed E-state index contributed by atoms with van der Waals surface area (Å²) >= 11 is 1.18. The average Bonchev–Trinajstić information content (AvgIpc) is 3.53. The highest BCUT2D eigenvalue weighted by atomic mass is 32.1. The van der Waals surface area contributed by atoms with Crippen LogP contribution in [0.5, 0.6) is 5.75 Å². The van der Waals surface area contributed by atoms with Crippen molar-refractivity contribution in [3.63, 3.8) is 0 Å². The van der Waals surface area contributed by atoms with Crippen LogP contribution >= 0.6 is 11.3 Å². The third-order valence-corrected chi connectivity index (χ3v) is 7.37. The van der Waals surface area contributed by atoms with E-state index < -0.39 is 29.2 Å². The molecule has 3 aromatic heterocycles. The number of nitriles is 1. The third kappa shape index (κ3) is 4.02. The van der Waals surface area contributed by atoms with E-state index in [4.69, 9.17) is 4.74 Å². The number of benzene rings is 1. The lowest BCUT2D eigenvalue weighted by Crippen LogP contribution is -2.40. The van der Waals surface area contributed by atoms with Gasteiger partial charge in [-0.25, -0.2) is 4.79 Å². The van der Waals surface area contributed by atoms with Gasteiger partial charge in [-0.15, -0.1) is 21.5 Å². The Balaban J connectivity index is 1.57. The lowest BCUT2D eigenvalue weighted by molar-refractivity contribution is -0.147. The van der Waals surface area contributed by atoms with Crippen LogP contribution in [0.15, 0.2) is 27.1 Å². The molecule has 196 valence electrons. The van der Waals surface area contributed by atoms with Crippen LogP contribution in [0.2, 0.25) is 0 Å². The van der Waals surface area contributed by atoms with Crippen molar-refractivity contribution in [3.05, 3.63) is 72.3 Å². The quantitative estimate of drug-likeness (QED) is 0.415. The zero-order valence-corrected chi connectivity index (χ0v) is 20.7. The highest BCUT2D eigenvalue weighted by Crippen LogP contribution is 2.33. The number of carbonyl (C=O) groups excluding carboxylic acids is 1. The number of aromatic nitrogens is 5. The number of aromatic amines is 1. The predicted octanol–water partition coefficient (Wildman–Crippen LogP) is 2.25. The number of hydrogen-bond acceptors (Lipinski definition) is 8. The largest absolute Gasteiger partial charge is 0.496 e. The maximum absolute atomic E-state index is 13.7. The number of thiophene rings is 1. The van der Waals surface area contributed by atoms with Crippen molar-refractivity contribution < 1.29 is 22.7 Å². The van der Waals surface area contributed by atoms with Crippen molar-refractivity contribution in [1.29, 1.82) is 5.26 Å². The summed E-state index contributed by atoms with van der Waals surface area (Å²) in [5.41, 5.74) is -0.223. The number of halogens is 3. The first-order chi connectivity index (χ1) is 18.0. The van der Waals surface area contributed by atoms with Crippen LogP contribution in [0.4, 0.5) is 13.2 Å². The molecule has 11 nitrogen and oxygen atoms in total. The number of carbonyl (C=O) groups is 1. The minimum absolute atomic E-state index is 0.0118. The van der Waals surface area contributed by atoms with Gasteiger partial charge in [0.25, 0.3) is 11.5 Å². The smallest absolute Gasteiger partial charge is 0.451 e. The molecule has 0 saturated heterocycles. The van der Waals surface area contributed by atoms with Gasteiger partial charge in [0.05, 0.1) is 42.8 Å². The molecule has 1 aromatic carbocycles.